The maximum absolute atomic E-state index is 11.9. The van der Waals surface area contributed by atoms with E-state index in [1.165, 1.54) is 55.5 Å². The van der Waals surface area contributed by atoms with Crippen molar-refractivity contribution < 1.29 is 8.78 Å². The Hall–Kier alpha value is -2.21. The van der Waals surface area contributed by atoms with Crippen LogP contribution in [0.5, 0.6) is 0 Å². The minimum absolute atomic E-state index is 0.799. The molecule has 21 heavy (non-hydrogen) atoms. The van der Waals surface area contributed by atoms with E-state index in [4.69, 9.17) is 0 Å². The average Bonchev–Trinajstić information content (AvgIpc) is 2.78. The van der Waals surface area contributed by atoms with Crippen molar-refractivity contribution in [2.24, 2.45) is 0 Å². The van der Waals surface area contributed by atoms with Crippen molar-refractivity contribution in [3.63, 3.8) is 0 Å². The fourth-order valence-electron chi connectivity index (χ4n) is 2.15. The predicted octanol–water partition coefficient (Wildman–Crippen LogP) is 4.56. The summed E-state index contributed by atoms with van der Waals surface area (Å²) in [5, 5.41) is 0. The lowest BCUT2D eigenvalue weighted by atomic mass is 10.1. The Bertz CT molecular complexity index is 518. The molecule has 1 heterocycles. The van der Waals surface area contributed by atoms with Gasteiger partial charge in [-0.3, -0.25) is 4.98 Å². The molecular formula is C18H19F2N. The van der Waals surface area contributed by atoms with Crippen LogP contribution in [0.4, 0.5) is 8.78 Å². The topological polar surface area (TPSA) is 12.9 Å². The van der Waals surface area contributed by atoms with Gasteiger partial charge < -0.3 is 0 Å². The molecule has 0 saturated heterocycles. The number of pyridine rings is 1. The normalized spacial score (nSPS) is 12.6. The van der Waals surface area contributed by atoms with Gasteiger partial charge in [0.25, 0.3) is 0 Å². The van der Waals surface area contributed by atoms with Crippen LogP contribution < -0.4 is 0 Å². The number of hydrogen-bond donors (Lipinski definition) is 0. The molecular weight excluding hydrogens is 268 g/mol. The van der Waals surface area contributed by atoms with Gasteiger partial charge in [0.15, 0.2) is 11.6 Å². The fraction of sp³-hybridized carbons (Fsp3) is 0.278. The van der Waals surface area contributed by atoms with E-state index in [2.05, 4.69) is 23.9 Å². The summed E-state index contributed by atoms with van der Waals surface area (Å²) in [5.41, 5.74) is 2.81. The molecule has 0 spiro atoms. The monoisotopic (exact) mass is 287 g/mol. The second-order valence-electron chi connectivity index (χ2n) is 4.58. The molecule has 1 aliphatic rings. The van der Waals surface area contributed by atoms with Crippen molar-refractivity contribution in [3.05, 3.63) is 65.5 Å². The summed E-state index contributed by atoms with van der Waals surface area (Å²) >= 11 is 0. The first kappa shape index (κ1) is 16.8. The minimum Gasteiger partial charge on any atom is -0.261 e. The Morgan fingerprint density at radius 2 is 1.43 bits per heavy atom. The van der Waals surface area contributed by atoms with Gasteiger partial charge in [-0.05, 0) is 49.4 Å². The molecule has 0 saturated carbocycles. The van der Waals surface area contributed by atoms with Crippen molar-refractivity contribution in [2.45, 2.75) is 32.1 Å². The van der Waals surface area contributed by atoms with Crippen molar-refractivity contribution >= 4 is 0 Å². The summed E-state index contributed by atoms with van der Waals surface area (Å²) in [7, 11) is 0. The zero-order valence-electron chi connectivity index (χ0n) is 11.9. The molecule has 0 aliphatic heterocycles. The molecule has 0 unspecified atom stereocenters. The summed E-state index contributed by atoms with van der Waals surface area (Å²) in [4.78, 5) is 4.38. The van der Waals surface area contributed by atoms with Crippen LogP contribution >= 0.6 is 0 Å². The standard InChI is InChI=1S/C10H13N.C6H4F2.C2H2/c1-2-5-9-6-4-8-11-10(9)7-3-1;7-5-3-1-2-4-6(5)8;1-2/h4,6,8H,1-3,5,7H2;1-4H;1-2H. The zero-order valence-corrected chi connectivity index (χ0v) is 11.9. The number of hydrogen-bond acceptors (Lipinski definition) is 1. The number of aryl methyl sites for hydroxylation is 2. The third-order valence-electron chi connectivity index (χ3n) is 3.17. The van der Waals surface area contributed by atoms with E-state index in [1.54, 1.807) is 0 Å². The number of aromatic nitrogens is 1. The molecule has 1 aliphatic carbocycles. The second kappa shape index (κ2) is 9.66. The van der Waals surface area contributed by atoms with E-state index in [0.717, 1.165) is 12.1 Å². The summed E-state index contributed by atoms with van der Waals surface area (Å²) in [6.07, 6.45) is 16.4. The Balaban J connectivity index is 0.000000196. The molecule has 110 valence electrons. The van der Waals surface area contributed by atoms with E-state index in [1.807, 2.05) is 12.3 Å². The van der Waals surface area contributed by atoms with Crippen LogP contribution in [-0.4, -0.2) is 4.98 Å². The van der Waals surface area contributed by atoms with Gasteiger partial charge in [0.2, 0.25) is 0 Å². The molecule has 0 N–H and O–H groups in total. The van der Waals surface area contributed by atoms with E-state index >= 15 is 0 Å². The summed E-state index contributed by atoms with van der Waals surface area (Å²) < 4.78 is 23.9. The molecule has 1 aromatic heterocycles. The Labute approximate surface area is 125 Å². The van der Waals surface area contributed by atoms with Crippen molar-refractivity contribution in [2.75, 3.05) is 0 Å². The molecule has 0 amide bonds. The van der Waals surface area contributed by atoms with Crippen LogP contribution in [0.15, 0.2) is 42.6 Å². The smallest absolute Gasteiger partial charge is 0.158 e. The van der Waals surface area contributed by atoms with Gasteiger partial charge in [-0.15, -0.1) is 12.8 Å². The summed E-state index contributed by atoms with van der Waals surface area (Å²) in [6, 6.07) is 9.30. The maximum atomic E-state index is 11.9. The third-order valence-corrected chi connectivity index (χ3v) is 3.17. The number of nitrogens with zero attached hydrogens (tertiary/aromatic N) is 1. The lowest BCUT2D eigenvalue weighted by Crippen LogP contribution is -1.92. The van der Waals surface area contributed by atoms with Gasteiger partial charge in [0.05, 0.1) is 0 Å². The molecule has 3 rings (SSSR count). The number of terminal acetylenes is 1. The van der Waals surface area contributed by atoms with Crippen molar-refractivity contribution in [1.82, 2.24) is 4.98 Å². The van der Waals surface area contributed by atoms with Crippen LogP contribution in [0.3, 0.4) is 0 Å². The van der Waals surface area contributed by atoms with Gasteiger partial charge in [-0.25, -0.2) is 8.78 Å². The van der Waals surface area contributed by atoms with Gasteiger partial charge in [-0.2, -0.15) is 0 Å². The van der Waals surface area contributed by atoms with Crippen LogP contribution in [0, 0.1) is 24.5 Å². The number of rotatable bonds is 0. The van der Waals surface area contributed by atoms with Gasteiger partial charge in [-0.1, -0.05) is 24.6 Å². The van der Waals surface area contributed by atoms with E-state index in [-0.39, 0.29) is 0 Å². The molecule has 0 radical (unpaired) electrons. The first-order chi connectivity index (χ1) is 10.3. The van der Waals surface area contributed by atoms with Crippen LogP contribution in [0.1, 0.15) is 30.5 Å². The summed E-state index contributed by atoms with van der Waals surface area (Å²) in [6.45, 7) is 0. The quantitative estimate of drug-likeness (QED) is 0.511. The van der Waals surface area contributed by atoms with Crippen LogP contribution in [0.25, 0.3) is 0 Å². The molecule has 0 fully saturated rings. The molecule has 0 atom stereocenters. The Kier molecular flexibility index (Phi) is 7.74. The minimum atomic E-state index is -0.799. The SMILES string of the molecule is C#C.Fc1ccccc1F.c1cnc2c(c1)CCCCC2. The number of benzene rings is 1. The van der Waals surface area contributed by atoms with E-state index in [0.29, 0.717) is 0 Å². The predicted molar refractivity (Wildman–Crippen MR) is 81.7 cm³/mol. The highest BCUT2D eigenvalue weighted by molar-refractivity contribution is 5.20. The maximum Gasteiger partial charge on any atom is 0.158 e. The van der Waals surface area contributed by atoms with Crippen molar-refractivity contribution in [3.8, 4) is 12.8 Å². The number of halogens is 2. The lowest BCUT2D eigenvalue weighted by molar-refractivity contribution is 0.508. The zero-order chi connectivity index (χ0) is 15.5. The van der Waals surface area contributed by atoms with Crippen LogP contribution in [0.2, 0.25) is 0 Å². The van der Waals surface area contributed by atoms with Gasteiger partial charge >= 0.3 is 0 Å². The first-order valence-electron chi connectivity index (χ1n) is 6.93. The van der Waals surface area contributed by atoms with Crippen molar-refractivity contribution in [1.29, 1.82) is 0 Å². The third kappa shape index (κ3) is 5.74. The lowest BCUT2D eigenvalue weighted by Gasteiger charge is -2.01. The Morgan fingerprint density at radius 1 is 0.810 bits per heavy atom. The summed E-state index contributed by atoms with van der Waals surface area (Å²) in [5.74, 6) is -1.60. The second-order valence-corrected chi connectivity index (χ2v) is 4.58. The van der Waals surface area contributed by atoms with Gasteiger partial charge in [0.1, 0.15) is 0 Å². The van der Waals surface area contributed by atoms with E-state index in [9.17, 15) is 8.78 Å². The Morgan fingerprint density at radius 3 is 2.05 bits per heavy atom. The number of fused-ring (bicyclic) bond motifs is 1. The highest BCUT2D eigenvalue weighted by Gasteiger charge is 2.06. The highest BCUT2D eigenvalue weighted by atomic mass is 19.2. The molecule has 3 heteroatoms. The highest BCUT2D eigenvalue weighted by Crippen LogP contribution is 2.17. The molecule has 2 aromatic rings. The average molecular weight is 287 g/mol. The van der Waals surface area contributed by atoms with Crippen LogP contribution in [-0.2, 0) is 12.8 Å². The van der Waals surface area contributed by atoms with E-state index < -0.39 is 11.6 Å². The molecule has 0 bridgehead atoms. The van der Waals surface area contributed by atoms with Gasteiger partial charge in [0, 0.05) is 11.9 Å². The fourth-order valence-corrected chi connectivity index (χ4v) is 2.15. The molecule has 1 aromatic carbocycles. The molecule has 1 nitrogen and oxygen atoms in total. The largest absolute Gasteiger partial charge is 0.261 e. The first-order valence-corrected chi connectivity index (χ1v) is 6.93.